The van der Waals surface area contributed by atoms with Gasteiger partial charge in [0.15, 0.2) is 6.21 Å². The summed E-state index contributed by atoms with van der Waals surface area (Å²) in [7, 11) is 3.76. The minimum absolute atomic E-state index is 0.0335. The van der Waals surface area contributed by atoms with Gasteiger partial charge in [-0.1, -0.05) is 0 Å². The second kappa shape index (κ2) is 13.6. The molecular weight excluding hydrogens is 553 g/mol. The van der Waals surface area contributed by atoms with Crippen LogP contribution in [0, 0.1) is 5.82 Å². The monoisotopic (exact) mass is 590 g/mol. The number of esters is 1. The number of ether oxygens (including phenoxy) is 3. The van der Waals surface area contributed by atoms with Crippen LogP contribution in [0.15, 0.2) is 29.5 Å². The van der Waals surface area contributed by atoms with Crippen LogP contribution in [0.1, 0.15) is 6.92 Å². The quantitative estimate of drug-likeness (QED) is 0.201. The van der Waals surface area contributed by atoms with Crippen molar-refractivity contribution >= 4 is 41.7 Å². The standard InChI is InChI=1S/C27H36FN7O7/c1-18(36)34(26(38)41-17-40-25(37)16-32-8-6-31(3)7-9-32)13-21-14-35(27(39)42-21)20-4-5-24(22(28)10-20)33-12-19(11-30-2)23(29)15-33/h4-5,10-11,21H,6-9,12-17,29H2,1-3H3/p+1. The predicted octanol–water partition coefficient (Wildman–Crippen LogP) is -1.30. The molecule has 0 aliphatic carbocycles. The smallest absolute Gasteiger partial charge is 0.419 e. The molecule has 3 N–H and O–H groups in total. The highest BCUT2D eigenvalue weighted by Gasteiger charge is 2.36. The van der Waals surface area contributed by atoms with Crippen LogP contribution in [0.3, 0.4) is 0 Å². The number of benzene rings is 1. The first-order valence-corrected chi connectivity index (χ1v) is 13.6. The number of cyclic esters (lactones) is 1. The molecule has 2 saturated heterocycles. The highest BCUT2D eigenvalue weighted by Crippen LogP contribution is 2.30. The molecule has 4 rings (SSSR count). The number of amides is 3. The number of nitrogens with two attached hydrogens (primary N) is 1. The molecule has 2 fully saturated rings. The van der Waals surface area contributed by atoms with Crippen LogP contribution in [0.25, 0.3) is 0 Å². The van der Waals surface area contributed by atoms with Crippen molar-refractivity contribution in [3.63, 3.8) is 0 Å². The lowest BCUT2D eigenvalue weighted by molar-refractivity contribution is -0.413. The Bertz CT molecular complexity index is 1270. The van der Waals surface area contributed by atoms with Gasteiger partial charge in [0, 0.05) is 38.8 Å². The molecule has 1 atom stereocenters. The molecule has 1 aromatic carbocycles. The van der Waals surface area contributed by atoms with Gasteiger partial charge in [-0.05, 0) is 25.2 Å². The van der Waals surface area contributed by atoms with Gasteiger partial charge in [0.25, 0.3) is 0 Å². The zero-order chi connectivity index (χ0) is 30.4. The second-order valence-electron chi connectivity index (χ2n) is 10.3. The normalized spacial score (nSPS) is 19.9. The van der Waals surface area contributed by atoms with Crippen LogP contribution in [0.4, 0.5) is 25.4 Å². The van der Waals surface area contributed by atoms with Gasteiger partial charge in [-0.25, -0.2) is 18.9 Å². The Balaban J connectivity index is 1.28. The van der Waals surface area contributed by atoms with Gasteiger partial charge in [-0.15, -0.1) is 0 Å². The number of nitrogens with one attached hydrogen (secondary N) is 1. The van der Waals surface area contributed by atoms with E-state index in [0.717, 1.165) is 43.6 Å². The zero-order valence-corrected chi connectivity index (χ0v) is 24.0. The Labute approximate surface area is 243 Å². The third-order valence-corrected chi connectivity index (χ3v) is 7.25. The number of halogens is 1. The van der Waals surface area contributed by atoms with Crippen LogP contribution in [-0.4, -0.2) is 131 Å². The number of carbonyl (C=O) groups excluding carboxylic acids is 4. The van der Waals surface area contributed by atoms with Gasteiger partial charge >= 0.3 is 18.2 Å². The Kier molecular flexibility index (Phi) is 9.96. The first-order chi connectivity index (χ1) is 20.0. The van der Waals surface area contributed by atoms with E-state index in [1.807, 2.05) is 11.9 Å². The van der Waals surface area contributed by atoms with Crippen LogP contribution < -0.4 is 20.5 Å². The summed E-state index contributed by atoms with van der Waals surface area (Å²) in [5, 5.41) is 0. The molecule has 3 amide bonds. The maximum Gasteiger partial charge on any atom is 0.419 e. The topological polar surface area (TPSA) is 152 Å². The molecule has 228 valence electrons. The van der Waals surface area contributed by atoms with E-state index >= 15 is 4.39 Å². The lowest BCUT2D eigenvalue weighted by Gasteiger charge is -2.31. The molecule has 0 radical (unpaired) electrons. The average Bonchev–Trinajstić information content (AvgIpc) is 3.49. The summed E-state index contributed by atoms with van der Waals surface area (Å²) in [5.41, 5.74) is 8.15. The molecule has 3 heterocycles. The number of piperazine rings is 1. The number of carbonyl (C=O) groups is 4. The summed E-state index contributed by atoms with van der Waals surface area (Å²) in [5.74, 6) is -1.75. The molecule has 0 aromatic heterocycles. The fourth-order valence-electron chi connectivity index (χ4n) is 4.89. The van der Waals surface area contributed by atoms with Crippen molar-refractivity contribution < 1.29 is 42.8 Å². The van der Waals surface area contributed by atoms with Gasteiger partial charge in [-0.3, -0.25) is 24.4 Å². The summed E-state index contributed by atoms with van der Waals surface area (Å²) in [4.78, 5) is 60.2. The van der Waals surface area contributed by atoms with Crippen molar-refractivity contribution in [1.82, 2.24) is 14.7 Å². The molecule has 14 nitrogen and oxygen atoms in total. The van der Waals surface area contributed by atoms with E-state index in [0.29, 0.717) is 24.5 Å². The minimum Gasteiger partial charge on any atom is -0.442 e. The highest BCUT2D eigenvalue weighted by atomic mass is 19.1. The van der Waals surface area contributed by atoms with Crippen LogP contribution in [0.5, 0.6) is 0 Å². The van der Waals surface area contributed by atoms with E-state index in [1.54, 1.807) is 30.3 Å². The highest BCUT2D eigenvalue weighted by molar-refractivity contribution is 5.92. The number of imide groups is 1. The van der Waals surface area contributed by atoms with Gasteiger partial charge in [0.05, 0.1) is 49.7 Å². The van der Waals surface area contributed by atoms with E-state index in [4.69, 9.17) is 19.9 Å². The molecule has 3 aliphatic heterocycles. The molecule has 0 bridgehead atoms. The fourth-order valence-corrected chi connectivity index (χ4v) is 4.89. The third-order valence-electron chi connectivity index (χ3n) is 7.25. The summed E-state index contributed by atoms with van der Waals surface area (Å²) < 4.78 is 30.4. The van der Waals surface area contributed by atoms with Crippen LogP contribution >= 0.6 is 0 Å². The second-order valence-corrected chi connectivity index (χ2v) is 10.3. The number of rotatable bonds is 9. The Morgan fingerprint density at radius 3 is 2.60 bits per heavy atom. The maximum absolute atomic E-state index is 15.1. The minimum atomic E-state index is -1.05. The molecule has 1 aromatic rings. The van der Waals surface area contributed by atoms with Crippen molar-refractivity contribution in [1.29, 1.82) is 0 Å². The SMILES string of the molecule is C[NH+]=CC1=C(N)CN(c2ccc(N3CC(CN(C(C)=O)C(=O)OCOC(=O)CN4CCN(C)CC4)OC3=O)cc2F)C1. The first-order valence-electron chi connectivity index (χ1n) is 13.6. The van der Waals surface area contributed by atoms with E-state index in [1.165, 1.54) is 11.0 Å². The summed E-state index contributed by atoms with van der Waals surface area (Å²) >= 11 is 0. The van der Waals surface area contributed by atoms with Crippen LogP contribution in [-0.2, 0) is 23.8 Å². The van der Waals surface area contributed by atoms with E-state index in [-0.39, 0.29) is 25.3 Å². The lowest BCUT2D eigenvalue weighted by Crippen LogP contribution is -2.63. The van der Waals surface area contributed by atoms with Crippen molar-refractivity contribution in [2.45, 2.75) is 13.0 Å². The summed E-state index contributed by atoms with van der Waals surface area (Å²) in [6, 6.07) is 4.37. The third kappa shape index (κ3) is 7.53. The zero-order valence-electron chi connectivity index (χ0n) is 24.0. The molecular formula is C27H37FN7O7+. The van der Waals surface area contributed by atoms with Gasteiger partial charge in [-0.2, -0.15) is 0 Å². The molecule has 42 heavy (non-hydrogen) atoms. The van der Waals surface area contributed by atoms with Gasteiger partial charge in [0.1, 0.15) is 19.0 Å². The van der Waals surface area contributed by atoms with Gasteiger partial charge < -0.3 is 29.7 Å². The molecule has 1 unspecified atom stereocenters. The molecule has 0 saturated carbocycles. The lowest BCUT2D eigenvalue weighted by atomic mass is 10.2. The maximum atomic E-state index is 15.1. The predicted molar refractivity (Wildman–Crippen MR) is 149 cm³/mol. The number of nitrogens with zero attached hydrogens (tertiary/aromatic N) is 5. The van der Waals surface area contributed by atoms with Crippen molar-refractivity contribution in [2.75, 3.05) is 89.6 Å². The number of hydrogen-bond acceptors (Lipinski definition) is 11. The summed E-state index contributed by atoms with van der Waals surface area (Å²) in [6.45, 7) is 4.14. The fraction of sp³-hybridized carbons (Fsp3) is 0.519. The van der Waals surface area contributed by atoms with Crippen molar-refractivity contribution in [3.05, 3.63) is 35.3 Å². The Morgan fingerprint density at radius 2 is 1.93 bits per heavy atom. The Hall–Kier alpha value is -4.24. The van der Waals surface area contributed by atoms with E-state index in [9.17, 15) is 19.2 Å². The molecule has 3 aliphatic rings. The number of likely N-dealkylation sites (N-methyl/N-ethyl adjacent to an activating group) is 1. The van der Waals surface area contributed by atoms with Crippen molar-refractivity contribution in [2.24, 2.45) is 5.73 Å². The van der Waals surface area contributed by atoms with Gasteiger partial charge in [0.2, 0.25) is 12.7 Å². The first kappa shape index (κ1) is 30.7. The molecule has 0 spiro atoms. The van der Waals surface area contributed by atoms with E-state index in [2.05, 4.69) is 9.89 Å². The molecule has 15 heteroatoms. The average molecular weight is 591 g/mol. The van der Waals surface area contributed by atoms with Crippen molar-refractivity contribution in [3.8, 4) is 0 Å². The largest absolute Gasteiger partial charge is 0.442 e. The van der Waals surface area contributed by atoms with Crippen LogP contribution in [0.2, 0.25) is 0 Å². The number of anilines is 2. The Morgan fingerprint density at radius 1 is 1.19 bits per heavy atom. The number of hydrogen-bond donors (Lipinski definition) is 2. The van der Waals surface area contributed by atoms with E-state index < -0.39 is 42.8 Å². The summed E-state index contributed by atoms with van der Waals surface area (Å²) in [6.07, 6.45) is -0.920.